The number of carboxylic acid groups (broad SMARTS) is 1. The zero-order valence-electron chi connectivity index (χ0n) is 15.2. The molecule has 2 aromatic rings. The molecule has 0 radical (unpaired) electrons. The Balaban J connectivity index is 1.81. The molecule has 0 bridgehead atoms. The van der Waals surface area contributed by atoms with E-state index in [2.05, 4.69) is 0 Å². The molecule has 0 fully saturated rings. The minimum Gasteiger partial charge on any atom is -0.488 e. The minimum atomic E-state index is -0.913. The van der Waals surface area contributed by atoms with Gasteiger partial charge in [-0.05, 0) is 56.2 Å². The summed E-state index contributed by atoms with van der Waals surface area (Å²) in [6.45, 7) is 6.47. The van der Waals surface area contributed by atoms with E-state index in [-0.39, 0.29) is 18.1 Å². The minimum absolute atomic E-state index is 0.172. The van der Waals surface area contributed by atoms with Crippen molar-refractivity contribution in [1.29, 1.82) is 0 Å². The summed E-state index contributed by atoms with van der Waals surface area (Å²) >= 11 is 0. The van der Waals surface area contributed by atoms with Gasteiger partial charge in [-0.2, -0.15) is 0 Å². The van der Waals surface area contributed by atoms with E-state index in [0.717, 1.165) is 11.1 Å². The molecule has 3 rings (SSSR count). The van der Waals surface area contributed by atoms with Gasteiger partial charge in [0.1, 0.15) is 11.4 Å². The molecule has 5 nitrogen and oxygen atoms in total. The second-order valence-corrected chi connectivity index (χ2v) is 7.51. The monoisotopic (exact) mass is 353 g/mol. The average Bonchev–Trinajstić information content (AvgIpc) is 2.59. The summed E-state index contributed by atoms with van der Waals surface area (Å²) < 4.78 is 5.77. The van der Waals surface area contributed by atoms with E-state index in [1.807, 2.05) is 45.0 Å². The number of carbonyl (C=O) groups is 2. The summed E-state index contributed by atoms with van der Waals surface area (Å²) in [5.74, 6) is -1.09. The Morgan fingerprint density at radius 1 is 1.08 bits per heavy atom. The molecule has 1 aliphatic heterocycles. The van der Waals surface area contributed by atoms with Crippen LogP contribution in [0.3, 0.4) is 0 Å². The second-order valence-electron chi connectivity index (χ2n) is 7.51. The summed E-state index contributed by atoms with van der Waals surface area (Å²) in [7, 11) is 0. The standard InChI is InChI=1S/C21H23NO4/c1-21(2,3)26-16-10-8-14(9-11-16)19(23)22-12-15-6-4-5-7-17(15)18(13-22)20(24)25/h4-11,18H,12-13H2,1-3H3,(H,24,25). The van der Waals surface area contributed by atoms with Crippen LogP contribution in [0, 0.1) is 0 Å². The lowest BCUT2D eigenvalue weighted by atomic mass is 9.89. The molecule has 1 N–H and O–H groups in total. The third-order valence-corrected chi connectivity index (χ3v) is 4.31. The van der Waals surface area contributed by atoms with Crippen molar-refractivity contribution in [2.75, 3.05) is 6.54 Å². The van der Waals surface area contributed by atoms with Crippen LogP contribution >= 0.6 is 0 Å². The summed E-state index contributed by atoms with van der Waals surface area (Å²) in [6, 6.07) is 14.4. The predicted octanol–water partition coefficient (Wildman–Crippen LogP) is 3.69. The number of ether oxygens (including phenoxy) is 1. The number of nitrogens with zero attached hydrogens (tertiary/aromatic N) is 1. The summed E-state index contributed by atoms with van der Waals surface area (Å²) in [5, 5.41) is 9.55. The number of hydrogen-bond acceptors (Lipinski definition) is 3. The van der Waals surface area contributed by atoms with Crippen molar-refractivity contribution in [2.45, 2.75) is 38.8 Å². The van der Waals surface area contributed by atoms with Gasteiger partial charge in [-0.1, -0.05) is 24.3 Å². The van der Waals surface area contributed by atoms with Crippen LogP contribution < -0.4 is 4.74 Å². The maximum atomic E-state index is 12.9. The van der Waals surface area contributed by atoms with Crippen LogP contribution in [0.25, 0.3) is 0 Å². The Bertz CT molecular complexity index is 821. The van der Waals surface area contributed by atoms with E-state index >= 15 is 0 Å². The van der Waals surface area contributed by atoms with Gasteiger partial charge in [0.05, 0.1) is 5.92 Å². The van der Waals surface area contributed by atoms with Crippen molar-refractivity contribution >= 4 is 11.9 Å². The van der Waals surface area contributed by atoms with Crippen LogP contribution in [0.2, 0.25) is 0 Å². The van der Waals surface area contributed by atoms with Crippen LogP contribution in [0.5, 0.6) is 5.75 Å². The molecular formula is C21H23NO4. The Labute approximate surface area is 153 Å². The molecule has 0 saturated heterocycles. The highest BCUT2D eigenvalue weighted by atomic mass is 16.5. The van der Waals surface area contributed by atoms with Crippen molar-refractivity contribution in [2.24, 2.45) is 0 Å². The Kier molecular flexibility index (Phi) is 4.72. The van der Waals surface area contributed by atoms with Crippen LogP contribution in [0.1, 0.15) is 48.2 Å². The van der Waals surface area contributed by atoms with Gasteiger partial charge >= 0.3 is 5.97 Å². The number of benzene rings is 2. The van der Waals surface area contributed by atoms with Crippen LogP contribution in [-0.4, -0.2) is 34.0 Å². The number of amides is 1. The van der Waals surface area contributed by atoms with Gasteiger partial charge in [0.25, 0.3) is 5.91 Å². The first kappa shape index (κ1) is 18.0. The highest BCUT2D eigenvalue weighted by Crippen LogP contribution is 2.29. The third-order valence-electron chi connectivity index (χ3n) is 4.31. The van der Waals surface area contributed by atoms with Crippen LogP contribution in [0.15, 0.2) is 48.5 Å². The molecule has 136 valence electrons. The summed E-state index contributed by atoms with van der Waals surface area (Å²) in [5.41, 5.74) is 1.89. The van der Waals surface area contributed by atoms with Crippen molar-refractivity contribution in [3.05, 3.63) is 65.2 Å². The van der Waals surface area contributed by atoms with E-state index in [0.29, 0.717) is 17.9 Å². The van der Waals surface area contributed by atoms with E-state index in [4.69, 9.17) is 4.74 Å². The molecule has 0 saturated carbocycles. The van der Waals surface area contributed by atoms with E-state index < -0.39 is 11.9 Å². The number of fused-ring (bicyclic) bond motifs is 1. The Hall–Kier alpha value is -2.82. The normalized spacial score (nSPS) is 16.7. The molecular weight excluding hydrogens is 330 g/mol. The number of carboxylic acids is 1. The number of rotatable bonds is 3. The Morgan fingerprint density at radius 3 is 2.35 bits per heavy atom. The van der Waals surface area contributed by atoms with Crippen LogP contribution in [-0.2, 0) is 11.3 Å². The fourth-order valence-electron chi connectivity index (χ4n) is 3.17. The predicted molar refractivity (Wildman–Crippen MR) is 98.4 cm³/mol. The first-order valence-corrected chi connectivity index (χ1v) is 8.63. The number of aliphatic carboxylic acids is 1. The SMILES string of the molecule is CC(C)(C)Oc1ccc(C(=O)N2Cc3ccccc3C(C(=O)O)C2)cc1. The summed E-state index contributed by atoms with van der Waals surface area (Å²) in [6.07, 6.45) is 0. The lowest BCUT2D eigenvalue weighted by Crippen LogP contribution is -2.40. The van der Waals surface area contributed by atoms with E-state index in [1.54, 1.807) is 29.2 Å². The second kappa shape index (κ2) is 6.83. The highest BCUT2D eigenvalue weighted by Gasteiger charge is 2.32. The number of hydrogen-bond donors (Lipinski definition) is 1. The molecule has 0 spiro atoms. The van der Waals surface area contributed by atoms with E-state index in [9.17, 15) is 14.7 Å². The molecule has 1 heterocycles. The van der Waals surface area contributed by atoms with Gasteiger partial charge in [-0.25, -0.2) is 0 Å². The fourth-order valence-corrected chi connectivity index (χ4v) is 3.17. The van der Waals surface area contributed by atoms with Gasteiger partial charge < -0.3 is 14.7 Å². The molecule has 0 aromatic heterocycles. The maximum Gasteiger partial charge on any atom is 0.312 e. The van der Waals surface area contributed by atoms with Gasteiger partial charge in [0.2, 0.25) is 0 Å². The zero-order chi connectivity index (χ0) is 18.9. The number of carbonyl (C=O) groups excluding carboxylic acids is 1. The average molecular weight is 353 g/mol. The first-order chi connectivity index (χ1) is 12.2. The quantitative estimate of drug-likeness (QED) is 0.914. The molecule has 0 aliphatic carbocycles. The van der Waals surface area contributed by atoms with Crippen molar-refractivity contribution in [3.8, 4) is 5.75 Å². The largest absolute Gasteiger partial charge is 0.488 e. The zero-order valence-corrected chi connectivity index (χ0v) is 15.2. The third kappa shape index (κ3) is 3.87. The van der Waals surface area contributed by atoms with E-state index in [1.165, 1.54) is 0 Å². The van der Waals surface area contributed by atoms with Crippen molar-refractivity contribution in [1.82, 2.24) is 4.90 Å². The topological polar surface area (TPSA) is 66.8 Å². The maximum absolute atomic E-state index is 12.9. The summed E-state index contributed by atoms with van der Waals surface area (Å²) in [4.78, 5) is 26.1. The van der Waals surface area contributed by atoms with Gasteiger partial charge in [0, 0.05) is 18.7 Å². The van der Waals surface area contributed by atoms with Gasteiger partial charge in [-0.15, -0.1) is 0 Å². The van der Waals surface area contributed by atoms with Crippen molar-refractivity contribution in [3.63, 3.8) is 0 Å². The van der Waals surface area contributed by atoms with Crippen LogP contribution in [0.4, 0.5) is 0 Å². The van der Waals surface area contributed by atoms with Gasteiger partial charge in [0.15, 0.2) is 0 Å². The molecule has 1 unspecified atom stereocenters. The highest BCUT2D eigenvalue weighted by molar-refractivity contribution is 5.95. The molecule has 1 aliphatic rings. The molecule has 5 heteroatoms. The van der Waals surface area contributed by atoms with Gasteiger partial charge in [-0.3, -0.25) is 9.59 Å². The Morgan fingerprint density at radius 2 is 1.73 bits per heavy atom. The van der Waals surface area contributed by atoms with Crippen molar-refractivity contribution < 1.29 is 19.4 Å². The molecule has 26 heavy (non-hydrogen) atoms. The lowest BCUT2D eigenvalue weighted by Gasteiger charge is -2.33. The lowest BCUT2D eigenvalue weighted by molar-refractivity contribution is -0.139. The molecule has 1 atom stereocenters. The first-order valence-electron chi connectivity index (χ1n) is 8.63. The smallest absolute Gasteiger partial charge is 0.312 e. The fraction of sp³-hybridized carbons (Fsp3) is 0.333. The molecule has 2 aromatic carbocycles. The molecule has 1 amide bonds.